The van der Waals surface area contributed by atoms with Gasteiger partial charge in [-0.25, -0.2) is 8.78 Å². The zero-order valence-corrected chi connectivity index (χ0v) is 9.45. The molecule has 86 valence electrons. The lowest BCUT2D eigenvalue weighted by molar-refractivity contribution is -0.0282. The Bertz CT molecular complexity index is 140. The molecular weight excluding hydrogens is 186 g/mol. The van der Waals surface area contributed by atoms with Crippen LogP contribution in [0.4, 0.5) is 8.78 Å². The van der Waals surface area contributed by atoms with E-state index in [-0.39, 0.29) is 13.1 Å². The van der Waals surface area contributed by atoms with Crippen molar-refractivity contribution >= 4 is 0 Å². The molecule has 14 heavy (non-hydrogen) atoms. The maximum absolute atomic E-state index is 13.2. The molecule has 0 aliphatic heterocycles. The summed E-state index contributed by atoms with van der Waals surface area (Å²) in [5.41, 5.74) is 0. The van der Waals surface area contributed by atoms with Crippen LogP contribution >= 0.6 is 0 Å². The summed E-state index contributed by atoms with van der Waals surface area (Å²) in [6.07, 6.45) is 2.04. The summed E-state index contributed by atoms with van der Waals surface area (Å²) in [7, 11) is 1.55. The monoisotopic (exact) mass is 208 g/mol. The van der Waals surface area contributed by atoms with E-state index >= 15 is 0 Å². The molecule has 2 nitrogen and oxygen atoms in total. The Kier molecular flexibility index (Phi) is 7.01. The number of rotatable bonds is 8. The van der Waals surface area contributed by atoms with E-state index in [1.807, 2.05) is 6.92 Å². The molecule has 1 N–H and O–H groups in total. The summed E-state index contributed by atoms with van der Waals surface area (Å²) in [5, 5.41) is 2.52. The molecule has 0 bridgehead atoms. The van der Waals surface area contributed by atoms with E-state index < -0.39 is 5.92 Å². The predicted molar refractivity (Wildman–Crippen MR) is 55.9 cm³/mol. The Morgan fingerprint density at radius 1 is 1.29 bits per heavy atom. The second-order valence-electron chi connectivity index (χ2n) is 3.61. The second-order valence-corrected chi connectivity index (χ2v) is 3.61. The molecule has 0 atom stereocenters. The Morgan fingerprint density at radius 3 is 2.36 bits per heavy atom. The van der Waals surface area contributed by atoms with Gasteiger partial charge in [0.1, 0.15) is 0 Å². The van der Waals surface area contributed by atoms with E-state index in [0.717, 1.165) is 19.4 Å². The zero-order chi connectivity index (χ0) is 11.0. The number of nitrogens with one attached hydrogen (secondary N) is 1. The van der Waals surface area contributed by atoms with Gasteiger partial charge in [0.05, 0.1) is 13.1 Å². The summed E-state index contributed by atoms with van der Waals surface area (Å²) in [4.78, 5) is 1.81. The van der Waals surface area contributed by atoms with Gasteiger partial charge in [-0.15, -0.1) is 0 Å². The van der Waals surface area contributed by atoms with Crippen molar-refractivity contribution in [3.05, 3.63) is 0 Å². The largest absolute Gasteiger partial charge is 0.314 e. The van der Waals surface area contributed by atoms with Gasteiger partial charge >= 0.3 is 0 Å². The number of alkyl halides is 2. The van der Waals surface area contributed by atoms with Crippen molar-refractivity contribution < 1.29 is 8.78 Å². The molecule has 0 aromatic carbocycles. The molecule has 0 aromatic rings. The first-order chi connectivity index (χ1) is 6.55. The van der Waals surface area contributed by atoms with Crippen LogP contribution in [-0.4, -0.2) is 44.0 Å². The fourth-order valence-electron chi connectivity index (χ4n) is 1.37. The minimum atomic E-state index is -2.61. The molecule has 0 amide bonds. The lowest BCUT2D eigenvalue weighted by atomic mass is 10.2. The fraction of sp³-hybridized carbons (Fsp3) is 1.00. The van der Waals surface area contributed by atoms with Crippen LogP contribution < -0.4 is 5.32 Å². The average molecular weight is 208 g/mol. The quantitative estimate of drug-likeness (QED) is 0.656. The van der Waals surface area contributed by atoms with Gasteiger partial charge in [-0.05, 0) is 26.6 Å². The lowest BCUT2D eigenvalue weighted by Gasteiger charge is -2.25. The molecule has 0 saturated heterocycles. The van der Waals surface area contributed by atoms with Crippen LogP contribution in [-0.2, 0) is 0 Å². The lowest BCUT2D eigenvalue weighted by Crippen LogP contribution is -2.43. The maximum atomic E-state index is 13.2. The van der Waals surface area contributed by atoms with Crippen molar-refractivity contribution in [3.8, 4) is 0 Å². The Labute approximate surface area is 85.7 Å². The van der Waals surface area contributed by atoms with Gasteiger partial charge in [0.2, 0.25) is 0 Å². The summed E-state index contributed by atoms with van der Waals surface area (Å²) in [5.74, 6) is -2.61. The highest BCUT2D eigenvalue weighted by Crippen LogP contribution is 2.14. The summed E-state index contributed by atoms with van der Waals surface area (Å²) < 4.78 is 26.4. The fourth-order valence-corrected chi connectivity index (χ4v) is 1.37. The highest BCUT2D eigenvalue weighted by molar-refractivity contribution is 4.73. The Morgan fingerprint density at radius 2 is 1.93 bits per heavy atom. The molecule has 0 heterocycles. The molecule has 0 radical (unpaired) electrons. The molecular formula is C10H22F2N2. The third-order valence-corrected chi connectivity index (χ3v) is 2.17. The molecule has 0 saturated carbocycles. The molecule has 4 heteroatoms. The third-order valence-electron chi connectivity index (χ3n) is 2.17. The van der Waals surface area contributed by atoms with Crippen LogP contribution in [0.2, 0.25) is 0 Å². The standard InChI is InChI=1S/C10H22F2N2/c1-4-6-7-14(5-2)9-10(11,12)8-13-3/h13H,4-9H2,1-3H3. The highest BCUT2D eigenvalue weighted by atomic mass is 19.3. The SMILES string of the molecule is CCCCN(CC)CC(F)(F)CNC. The molecule has 0 aliphatic rings. The summed E-state index contributed by atoms with van der Waals surface area (Å²) in [6.45, 7) is 5.08. The van der Waals surface area contributed by atoms with Crippen LogP contribution in [0.5, 0.6) is 0 Å². The van der Waals surface area contributed by atoms with E-state index in [2.05, 4.69) is 12.2 Å². The van der Waals surface area contributed by atoms with Gasteiger partial charge in [-0.2, -0.15) is 0 Å². The second kappa shape index (κ2) is 7.12. The van der Waals surface area contributed by atoms with Crippen LogP contribution in [0.3, 0.4) is 0 Å². The molecule has 0 spiro atoms. The third kappa shape index (κ3) is 6.27. The minimum Gasteiger partial charge on any atom is -0.314 e. The van der Waals surface area contributed by atoms with E-state index in [1.165, 1.54) is 0 Å². The summed E-state index contributed by atoms with van der Waals surface area (Å²) in [6, 6.07) is 0. The van der Waals surface area contributed by atoms with Gasteiger partial charge < -0.3 is 5.32 Å². The molecule has 0 unspecified atom stereocenters. The van der Waals surface area contributed by atoms with Crippen molar-refractivity contribution in [3.63, 3.8) is 0 Å². The Hall–Kier alpha value is -0.220. The topological polar surface area (TPSA) is 15.3 Å². The zero-order valence-electron chi connectivity index (χ0n) is 9.45. The first-order valence-corrected chi connectivity index (χ1v) is 5.30. The maximum Gasteiger partial charge on any atom is 0.272 e. The van der Waals surface area contributed by atoms with Gasteiger partial charge in [-0.3, -0.25) is 4.90 Å². The average Bonchev–Trinajstić information content (AvgIpc) is 2.12. The van der Waals surface area contributed by atoms with Crippen LogP contribution in [0, 0.1) is 0 Å². The van der Waals surface area contributed by atoms with Crippen molar-refractivity contribution in [1.29, 1.82) is 0 Å². The molecule has 0 rings (SSSR count). The van der Waals surface area contributed by atoms with Crippen molar-refractivity contribution in [2.24, 2.45) is 0 Å². The predicted octanol–water partition coefficient (Wildman–Crippen LogP) is 1.96. The normalized spacial score (nSPS) is 12.4. The van der Waals surface area contributed by atoms with Crippen LogP contribution in [0.25, 0.3) is 0 Å². The minimum absolute atomic E-state index is 0.135. The van der Waals surface area contributed by atoms with Gasteiger partial charge in [0.25, 0.3) is 5.92 Å². The number of hydrogen-bond acceptors (Lipinski definition) is 2. The van der Waals surface area contributed by atoms with Crippen molar-refractivity contribution in [2.75, 3.05) is 33.2 Å². The number of nitrogens with zero attached hydrogens (tertiary/aromatic N) is 1. The molecule has 0 aliphatic carbocycles. The van der Waals surface area contributed by atoms with Gasteiger partial charge in [0.15, 0.2) is 0 Å². The van der Waals surface area contributed by atoms with Crippen LogP contribution in [0.1, 0.15) is 26.7 Å². The van der Waals surface area contributed by atoms with E-state index in [4.69, 9.17) is 0 Å². The van der Waals surface area contributed by atoms with E-state index in [9.17, 15) is 8.78 Å². The van der Waals surface area contributed by atoms with E-state index in [1.54, 1.807) is 11.9 Å². The summed E-state index contributed by atoms with van der Waals surface area (Å²) >= 11 is 0. The van der Waals surface area contributed by atoms with Crippen molar-refractivity contribution in [1.82, 2.24) is 10.2 Å². The number of hydrogen-bond donors (Lipinski definition) is 1. The molecule has 0 aromatic heterocycles. The molecule has 0 fully saturated rings. The van der Waals surface area contributed by atoms with Crippen LogP contribution in [0.15, 0.2) is 0 Å². The highest BCUT2D eigenvalue weighted by Gasteiger charge is 2.29. The number of unbranched alkanes of at least 4 members (excludes halogenated alkanes) is 1. The smallest absolute Gasteiger partial charge is 0.272 e. The van der Waals surface area contributed by atoms with Crippen molar-refractivity contribution in [2.45, 2.75) is 32.6 Å². The first-order valence-electron chi connectivity index (χ1n) is 5.30. The Balaban J connectivity index is 3.89. The first kappa shape index (κ1) is 13.8. The number of halogens is 2. The van der Waals surface area contributed by atoms with Gasteiger partial charge in [-0.1, -0.05) is 20.3 Å². The van der Waals surface area contributed by atoms with E-state index in [0.29, 0.717) is 6.54 Å². The van der Waals surface area contributed by atoms with Gasteiger partial charge in [0, 0.05) is 0 Å².